The predicted molar refractivity (Wildman–Crippen MR) is 249 cm³/mol. The average molecular weight is 1050 g/mol. The van der Waals surface area contributed by atoms with Gasteiger partial charge in [-0.2, -0.15) is 10.2 Å². The Morgan fingerprint density at radius 2 is 1.04 bits per heavy atom. The zero-order valence-corrected chi connectivity index (χ0v) is 41.2. The molecular formula is C47H61F2IN12NaO4-. The zero-order valence-electron chi connectivity index (χ0n) is 37.0. The number of aliphatic hydroxyl groups is 2. The van der Waals surface area contributed by atoms with Crippen LogP contribution in [0.15, 0.2) is 73.3 Å². The van der Waals surface area contributed by atoms with Gasteiger partial charge in [-0.25, -0.2) is 37.4 Å². The fraction of sp³-hybridized carbons (Fsp3) is 0.426. The summed E-state index contributed by atoms with van der Waals surface area (Å²) in [5.41, 5.74) is 6.26. The number of amides is 4. The molecule has 4 fully saturated rings. The first kappa shape index (κ1) is 54.9. The Kier molecular flexibility index (Phi) is 19.3. The van der Waals surface area contributed by atoms with Crippen LogP contribution in [-0.4, -0.2) is 113 Å². The maximum atomic E-state index is 13.6. The fourth-order valence-electron chi connectivity index (χ4n) is 9.21. The molecule has 4 amide bonds. The van der Waals surface area contributed by atoms with E-state index in [-0.39, 0.29) is 112 Å². The number of likely N-dealkylation sites (tertiary alicyclic amines) is 2. The van der Waals surface area contributed by atoms with Crippen LogP contribution in [0, 0.1) is 32.9 Å². The average Bonchev–Trinajstić information content (AvgIpc) is 4.12. The Bertz CT molecular complexity index is 2460. The van der Waals surface area contributed by atoms with Gasteiger partial charge in [-0.15, -0.1) is 0 Å². The number of carbonyl (C=O) groups is 2. The molecule has 0 unspecified atom stereocenters. The largest absolute Gasteiger partial charge is 1.00 e. The Morgan fingerprint density at radius 3 is 1.40 bits per heavy atom. The van der Waals surface area contributed by atoms with Crippen molar-refractivity contribution in [3.8, 4) is 0 Å². The van der Waals surface area contributed by atoms with Gasteiger partial charge in [-0.1, -0.05) is 27.0 Å². The van der Waals surface area contributed by atoms with Gasteiger partial charge in [-0.3, -0.25) is 0 Å². The van der Waals surface area contributed by atoms with Crippen molar-refractivity contribution in [1.82, 2.24) is 39.0 Å². The monoisotopic (exact) mass is 1050 g/mol. The van der Waals surface area contributed by atoms with Crippen molar-refractivity contribution in [3.05, 3.63) is 115 Å². The molecule has 8 heterocycles. The Hall–Kier alpha value is -4.67. The van der Waals surface area contributed by atoms with Crippen molar-refractivity contribution >= 4 is 46.4 Å². The smallest absolute Gasteiger partial charge is 1.00 e. The van der Waals surface area contributed by atoms with Crippen molar-refractivity contribution in [2.45, 2.75) is 91.5 Å². The number of β-amino-alcohol motifs (C(OH)–C–C–N with tert-alkyl or cyclic N) is 2. The van der Waals surface area contributed by atoms with Crippen LogP contribution in [0.2, 0.25) is 0 Å². The number of fused-ring (bicyclic) bond motifs is 2. The molecule has 4 saturated heterocycles. The minimum atomic E-state index is -0.471. The van der Waals surface area contributed by atoms with E-state index < -0.39 is 12.2 Å². The molecule has 10 rings (SSSR count). The van der Waals surface area contributed by atoms with Crippen LogP contribution in [0.3, 0.4) is 0 Å². The van der Waals surface area contributed by atoms with E-state index in [0.717, 1.165) is 72.7 Å². The minimum Gasteiger partial charge on any atom is -1.00 e. The van der Waals surface area contributed by atoms with Crippen LogP contribution in [0.1, 0.15) is 87.7 Å². The van der Waals surface area contributed by atoms with E-state index in [1.54, 1.807) is 43.4 Å². The standard InChI is InChI=1S/2C22H25FN6O2.2CH4.CH3.HI.Na/c2*1-14-11-15(23)4-5-17(14)19-3-2-8-28(19)20-7-10-29-21(26-20)18(12-24-29)25-22(31)27-9-6-16(30)13-27;;;;;/h2*4-5,7,10-12,16,19,30H,2-3,6,8-9,13H2,1H3,(H,25,31);2*1H4;1H3;1H;/q;;;;-1;;+1/p-1/t2*16-,19+;;;;;/m00...../s1. The summed E-state index contributed by atoms with van der Waals surface area (Å²) in [7, 11) is 0. The van der Waals surface area contributed by atoms with E-state index in [0.29, 0.717) is 61.7 Å². The van der Waals surface area contributed by atoms with E-state index in [1.165, 1.54) is 12.1 Å². The number of aryl methyl sites for hydroxylation is 2. The summed E-state index contributed by atoms with van der Waals surface area (Å²) in [6, 6.07) is 13.4. The number of anilines is 4. The van der Waals surface area contributed by atoms with E-state index in [9.17, 15) is 28.6 Å². The molecule has 0 spiro atoms. The van der Waals surface area contributed by atoms with Crippen LogP contribution < -0.4 is 74.0 Å². The first-order valence-electron chi connectivity index (χ1n) is 21.2. The summed E-state index contributed by atoms with van der Waals surface area (Å²) >= 11 is 0. The zero-order chi connectivity index (χ0) is 43.1. The number of rotatable bonds is 6. The van der Waals surface area contributed by atoms with Gasteiger partial charge >= 0.3 is 41.6 Å². The summed E-state index contributed by atoms with van der Waals surface area (Å²) in [5.74, 6) is 1.14. The van der Waals surface area contributed by atoms with Crippen molar-refractivity contribution in [3.63, 3.8) is 0 Å². The first-order valence-corrected chi connectivity index (χ1v) is 21.2. The van der Waals surface area contributed by atoms with Gasteiger partial charge < -0.3 is 71.8 Å². The van der Waals surface area contributed by atoms with Gasteiger partial charge in [0.1, 0.15) is 34.6 Å². The maximum Gasteiger partial charge on any atom is 1.00 e. The molecule has 4 N–H and O–H groups in total. The summed E-state index contributed by atoms with van der Waals surface area (Å²) in [4.78, 5) is 42.3. The molecule has 0 bridgehead atoms. The van der Waals surface area contributed by atoms with Crippen molar-refractivity contribution in [2.75, 3.05) is 59.7 Å². The van der Waals surface area contributed by atoms with Crippen LogP contribution in [0.25, 0.3) is 11.3 Å². The topological polar surface area (TPSA) is 172 Å². The van der Waals surface area contributed by atoms with Crippen LogP contribution in [0.5, 0.6) is 0 Å². The molecule has 16 nitrogen and oxygen atoms in total. The Morgan fingerprint density at radius 1 is 0.642 bits per heavy atom. The molecule has 2 aromatic carbocycles. The van der Waals surface area contributed by atoms with E-state index in [2.05, 4.69) is 30.6 Å². The third-order valence-corrected chi connectivity index (χ3v) is 12.4. The molecular weight excluding hydrogens is 984 g/mol. The Balaban J connectivity index is 0.000000272. The van der Waals surface area contributed by atoms with Gasteiger partial charge in [0, 0.05) is 51.7 Å². The molecule has 4 aliphatic rings. The molecule has 0 saturated carbocycles. The summed E-state index contributed by atoms with van der Waals surface area (Å²) in [5, 5.41) is 33.7. The van der Waals surface area contributed by atoms with Crippen molar-refractivity contribution in [2.24, 2.45) is 0 Å². The van der Waals surface area contributed by atoms with Crippen LogP contribution in [0.4, 0.5) is 41.4 Å². The summed E-state index contributed by atoms with van der Waals surface area (Å²) in [6.45, 7) is 7.29. The SMILES string of the molecule is C.C.Cc1cc(F)ccc1[C@H]1CCCN1c1ccn2ncc(NC(=O)N3CC[C@H](O)C3)c2n1.Cc1cc(F)ccc1[C@H]1CCCN1c1ccn2ncc(NC(=O)N3CC[C@H](O)C3)c2n1.[CH3-].[I-].[Na+]. The molecule has 356 valence electrons. The first-order chi connectivity index (χ1) is 30.0. The number of aliphatic hydroxyl groups excluding tert-OH is 2. The van der Waals surface area contributed by atoms with Gasteiger partial charge in [0.2, 0.25) is 0 Å². The van der Waals surface area contributed by atoms with Crippen molar-refractivity contribution < 1.29 is 82.1 Å². The molecule has 0 radical (unpaired) electrons. The number of hydrogen-bond acceptors (Lipinski definition) is 10. The second-order valence-corrected chi connectivity index (χ2v) is 16.6. The van der Waals surface area contributed by atoms with Gasteiger partial charge in [0.05, 0.1) is 36.7 Å². The number of hydrogen-bond donors (Lipinski definition) is 4. The number of halogens is 3. The van der Waals surface area contributed by atoms with E-state index in [4.69, 9.17) is 9.97 Å². The number of benzene rings is 2. The fourth-order valence-corrected chi connectivity index (χ4v) is 9.21. The number of aromatic nitrogens is 6. The molecule has 0 aliphatic carbocycles. The second kappa shape index (κ2) is 23.6. The third-order valence-electron chi connectivity index (χ3n) is 12.4. The molecule has 4 aromatic heterocycles. The van der Waals surface area contributed by atoms with E-state index in [1.807, 2.05) is 50.5 Å². The number of carbonyl (C=O) groups excluding carboxylic acids is 2. The van der Waals surface area contributed by atoms with Crippen LogP contribution in [-0.2, 0) is 0 Å². The summed E-state index contributed by atoms with van der Waals surface area (Å²) < 4.78 is 30.4. The third kappa shape index (κ3) is 11.8. The summed E-state index contributed by atoms with van der Waals surface area (Å²) in [6.07, 6.45) is 11.1. The number of urea groups is 2. The van der Waals surface area contributed by atoms with Gasteiger partial charge in [-0.05, 0) is 111 Å². The quantitative estimate of drug-likeness (QED) is 0.110. The van der Waals surface area contributed by atoms with Gasteiger partial charge in [0.15, 0.2) is 11.3 Å². The molecule has 67 heavy (non-hydrogen) atoms. The molecule has 4 atom stereocenters. The molecule has 6 aromatic rings. The molecule has 20 heteroatoms. The predicted octanol–water partition coefficient (Wildman–Crippen LogP) is 1.96. The van der Waals surface area contributed by atoms with E-state index >= 15 is 0 Å². The molecule has 4 aliphatic heterocycles. The van der Waals surface area contributed by atoms with Crippen molar-refractivity contribution in [1.29, 1.82) is 0 Å². The van der Waals surface area contributed by atoms with Gasteiger partial charge in [0.25, 0.3) is 0 Å². The Labute approximate surface area is 430 Å². The number of nitrogens with one attached hydrogen (secondary N) is 2. The normalized spacial score (nSPS) is 19.7. The number of nitrogens with zero attached hydrogens (tertiary/aromatic N) is 10. The minimum absolute atomic E-state index is 0. The second-order valence-electron chi connectivity index (χ2n) is 16.6. The van der Waals surface area contributed by atoms with Crippen LogP contribution >= 0.6 is 0 Å². The maximum absolute atomic E-state index is 13.6.